The van der Waals surface area contributed by atoms with Crippen LogP contribution in [0.3, 0.4) is 0 Å². The minimum absolute atomic E-state index is 0.207. The van der Waals surface area contributed by atoms with Gasteiger partial charge in [0, 0.05) is 23.5 Å². The summed E-state index contributed by atoms with van der Waals surface area (Å²) in [5.41, 5.74) is 2.28. The van der Waals surface area contributed by atoms with Crippen molar-refractivity contribution in [2.45, 2.75) is 30.7 Å². The van der Waals surface area contributed by atoms with Crippen LogP contribution in [0.2, 0.25) is 0 Å². The Morgan fingerprint density at radius 3 is 2.71 bits per heavy atom. The van der Waals surface area contributed by atoms with E-state index in [1.165, 1.54) is 16.9 Å². The van der Waals surface area contributed by atoms with Gasteiger partial charge >= 0.3 is 0 Å². The summed E-state index contributed by atoms with van der Waals surface area (Å²) in [4.78, 5) is 4.18. The van der Waals surface area contributed by atoms with Crippen molar-refractivity contribution in [3.8, 4) is 0 Å². The number of aromatic nitrogens is 3. The van der Waals surface area contributed by atoms with Gasteiger partial charge in [0.05, 0.1) is 16.6 Å². The molecule has 28 heavy (non-hydrogen) atoms. The fraction of sp³-hybridized carbons (Fsp3) is 0.200. The van der Waals surface area contributed by atoms with Crippen LogP contribution in [-0.4, -0.2) is 23.2 Å². The molecule has 144 valence electrons. The third kappa shape index (κ3) is 4.23. The van der Waals surface area contributed by atoms with Crippen LogP contribution in [0, 0.1) is 0 Å². The lowest BCUT2D eigenvalue weighted by atomic mass is 10.1. The van der Waals surface area contributed by atoms with Crippen molar-refractivity contribution in [1.82, 2.24) is 14.8 Å². The first-order valence-corrected chi connectivity index (χ1v) is 11.4. The van der Waals surface area contributed by atoms with Crippen LogP contribution in [0.25, 0.3) is 10.9 Å². The smallest absolute Gasteiger partial charge is 0.263 e. The molecule has 2 heterocycles. The number of anilines is 1. The van der Waals surface area contributed by atoms with Crippen LogP contribution < -0.4 is 4.72 Å². The molecule has 2 aromatic heterocycles. The molecule has 8 heteroatoms. The molecule has 2 aromatic carbocycles. The molecule has 0 unspecified atom stereocenters. The normalized spacial score (nSPS) is 11.7. The van der Waals surface area contributed by atoms with Crippen LogP contribution in [0.5, 0.6) is 0 Å². The third-order valence-corrected chi connectivity index (χ3v) is 6.66. The van der Waals surface area contributed by atoms with E-state index in [2.05, 4.69) is 39.1 Å². The summed E-state index contributed by atoms with van der Waals surface area (Å²) in [6.07, 6.45) is 6.42. The summed E-state index contributed by atoms with van der Waals surface area (Å²) < 4.78 is 29.5. The number of nitrogens with zero attached hydrogens (tertiary/aromatic N) is 3. The summed E-state index contributed by atoms with van der Waals surface area (Å²) in [7, 11) is -3.66. The number of thiazole rings is 1. The Bertz CT molecular complexity index is 1150. The molecule has 0 saturated carbocycles. The number of fused-ring (bicyclic) bond motifs is 1. The van der Waals surface area contributed by atoms with Gasteiger partial charge in [-0.25, -0.2) is 13.4 Å². The van der Waals surface area contributed by atoms with E-state index in [-0.39, 0.29) is 4.90 Å². The van der Waals surface area contributed by atoms with Crippen molar-refractivity contribution in [3.63, 3.8) is 0 Å². The van der Waals surface area contributed by atoms with Crippen molar-refractivity contribution in [2.75, 3.05) is 4.72 Å². The number of unbranched alkanes of at least 4 members (excludes halogenated alkanes) is 1. The Labute approximate surface area is 167 Å². The average Bonchev–Trinajstić information content (AvgIpc) is 3.35. The lowest BCUT2D eigenvalue weighted by Crippen LogP contribution is -2.12. The molecule has 0 aliphatic rings. The molecule has 0 saturated heterocycles. The lowest BCUT2D eigenvalue weighted by molar-refractivity contribution is 0.572. The minimum atomic E-state index is -3.66. The predicted molar refractivity (Wildman–Crippen MR) is 112 cm³/mol. The van der Waals surface area contributed by atoms with E-state index in [1.54, 1.807) is 29.9 Å². The molecule has 6 nitrogen and oxygen atoms in total. The Hall–Kier alpha value is -2.71. The van der Waals surface area contributed by atoms with Gasteiger partial charge in [-0.2, -0.15) is 5.10 Å². The molecule has 0 aliphatic carbocycles. The standard InChI is InChI=1S/C20H20N4O2S2/c25-28(26,23-20-21-11-13-27-20)18-9-10-19-17(14-18)15-22-24(19)12-5-4-8-16-6-2-1-3-7-16/h1-3,6-7,9-11,13-15H,4-5,8,12H2,(H,21,23). The topological polar surface area (TPSA) is 76.9 Å². The van der Waals surface area contributed by atoms with E-state index in [0.29, 0.717) is 5.13 Å². The Morgan fingerprint density at radius 1 is 1.07 bits per heavy atom. The first-order chi connectivity index (χ1) is 13.6. The molecule has 4 rings (SSSR count). The fourth-order valence-corrected chi connectivity index (χ4v) is 4.92. The first-order valence-electron chi connectivity index (χ1n) is 9.04. The van der Waals surface area contributed by atoms with Crippen LogP contribution in [0.1, 0.15) is 18.4 Å². The fourth-order valence-electron chi connectivity index (χ4n) is 3.09. The zero-order valence-electron chi connectivity index (χ0n) is 15.2. The highest BCUT2D eigenvalue weighted by molar-refractivity contribution is 7.93. The molecular weight excluding hydrogens is 392 g/mol. The van der Waals surface area contributed by atoms with Gasteiger partial charge in [-0.05, 0) is 43.0 Å². The van der Waals surface area contributed by atoms with E-state index >= 15 is 0 Å². The van der Waals surface area contributed by atoms with Gasteiger partial charge < -0.3 is 0 Å². The molecule has 0 bridgehead atoms. The zero-order valence-corrected chi connectivity index (χ0v) is 16.8. The minimum Gasteiger partial charge on any atom is -0.265 e. The third-order valence-electron chi connectivity index (χ3n) is 4.51. The number of nitrogens with one attached hydrogen (secondary N) is 1. The van der Waals surface area contributed by atoms with Gasteiger partial charge in [0.25, 0.3) is 10.0 Å². The number of benzene rings is 2. The lowest BCUT2D eigenvalue weighted by Gasteiger charge is -2.07. The summed E-state index contributed by atoms with van der Waals surface area (Å²) in [6.45, 7) is 0.805. The van der Waals surface area contributed by atoms with Crippen LogP contribution in [0.4, 0.5) is 5.13 Å². The maximum atomic E-state index is 12.5. The van der Waals surface area contributed by atoms with Crippen molar-refractivity contribution >= 4 is 37.4 Å². The summed E-state index contributed by atoms with van der Waals surface area (Å²) >= 11 is 1.24. The van der Waals surface area contributed by atoms with E-state index in [0.717, 1.165) is 36.7 Å². The van der Waals surface area contributed by atoms with Crippen molar-refractivity contribution in [2.24, 2.45) is 0 Å². The number of hydrogen-bond donors (Lipinski definition) is 1. The zero-order chi connectivity index (χ0) is 19.4. The van der Waals surface area contributed by atoms with Gasteiger partial charge in [-0.15, -0.1) is 11.3 Å². The number of rotatable bonds is 8. The molecule has 1 N–H and O–H groups in total. The highest BCUT2D eigenvalue weighted by Crippen LogP contribution is 2.22. The molecule has 0 fully saturated rings. The summed E-state index contributed by atoms with van der Waals surface area (Å²) in [5.74, 6) is 0. The SMILES string of the molecule is O=S(=O)(Nc1nccs1)c1ccc2c(cnn2CCCCc2ccccc2)c1. The maximum Gasteiger partial charge on any atom is 0.263 e. The molecule has 0 amide bonds. The quantitative estimate of drug-likeness (QED) is 0.437. The van der Waals surface area contributed by atoms with Crippen LogP contribution in [0.15, 0.2) is 71.2 Å². The second kappa shape index (κ2) is 8.12. The van der Waals surface area contributed by atoms with E-state index < -0.39 is 10.0 Å². The first kappa shape index (κ1) is 18.6. The molecule has 0 atom stereocenters. The van der Waals surface area contributed by atoms with Crippen molar-refractivity contribution in [3.05, 3.63) is 71.9 Å². The largest absolute Gasteiger partial charge is 0.265 e. The molecule has 0 spiro atoms. The van der Waals surface area contributed by atoms with E-state index in [9.17, 15) is 8.42 Å². The predicted octanol–water partition coefficient (Wildman–Crippen LogP) is 4.32. The number of sulfonamides is 1. The van der Waals surface area contributed by atoms with Gasteiger partial charge in [0.15, 0.2) is 5.13 Å². The van der Waals surface area contributed by atoms with E-state index in [4.69, 9.17) is 0 Å². The number of aryl methyl sites for hydroxylation is 2. The monoisotopic (exact) mass is 412 g/mol. The summed E-state index contributed by atoms with van der Waals surface area (Å²) in [5, 5.41) is 7.32. The van der Waals surface area contributed by atoms with Gasteiger partial charge in [0.1, 0.15) is 0 Å². The maximum absolute atomic E-state index is 12.5. The second-order valence-corrected chi connectivity index (χ2v) is 9.05. The highest BCUT2D eigenvalue weighted by atomic mass is 32.2. The molecule has 4 aromatic rings. The number of hydrogen-bond acceptors (Lipinski definition) is 5. The Balaban J connectivity index is 1.43. The molecule has 0 aliphatic heterocycles. The molecule has 0 radical (unpaired) electrons. The average molecular weight is 413 g/mol. The highest BCUT2D eigenvalue weighted by Gasteiger charge is 2.17. The molecular formula is C20H20N4O2S2. The Kier molecular flexibility index (Phi) is 5.40. The van der Waals surface area contributed by atoms with Crippen LogP contribution >= 0.6 is 11.3 Å². The van der Waals surface area contributed by atoms with E-state index in [1.807, 2.05) is 16.8 Å². The van der Waals surface area contributed by atoms with Crippen molar-refractivity contribution < 1.29 is 8.42 Å². The summed E-state index contributed by atoms with van der Waals surface area (Å²) in [6, 6.07) is 15.5. The van der Waals surface area contributed by atoms with Crippen molar-refractivity contribution in [1.29, 1.82) is 0 Å². The van der Waals surface area contributed by atoms with Gasteiger partial charge in [-0.1, -0.05) is 30.3 Å². The second-order valence-electron chi connectivity index (χ2n) is 6.47. The van der Waals surface area contributed by atoms with Gasteiger partial charge in [0.2, 0.25) is 0 Å². The Morgan fingerprint density at radius 2 is 1.93 bits per heavy atom. The van der Waals surface area contributed by atoms with Gasteiger partial charge in [-0.3, -0.25) is 9.40 Å². The van der Waals surface area contributed by atoms with Crippen LogP contribution in [-0.2, 0) is 23.0 Å².